The third kappa shape index (κ3) is 3.33. The number of nitro benzene ring substituents is 1. The Bertz CT molecular complexity index is 475. The summed E-state index contributed by atoms with van der Waals surface area (Å²) in [7, 11) is 0. The first-order valence-electron chi connectivity index (χ1n) is 5.27. The number of hydrogen-bond donors (Lipinski definition) is 2. The van der Waals surface area contributed by atoms with Gasteiger partial charge in [-0.3, -0.25) is 14.9 Å². The van der Waals surface area contributed by atoms with Crippen molar-refractivity contribution in [2.75, 3.05) is 5.88 Å². The van der Waals surface area contributed by atoms with Gasteiger partial charge < -0.3 is 10.2 Å². The highest BCUT2D eigenvalue weighted by molar-refractivity contribution is 6.17. The maximum atomic E-state index is 11.7. The maximum absolute atomic E-state index is 11.7. The summed E-state index contributed by atoms with van der Waals surface area (Å²) in [5.74, 6) is -1.13. The summed E-state index contributed by atoms with van der Waals surface area (Å²) in [5, 5.41) is 29.4. The standard InChI is InChI=1S/C11H12ClNO5/c12-4-2-1-3-9(14)7-5-8(13(17)18)11(16)6-10(7)15/h5-6,15-16H,1-4H2. The van der Waals surface area contributed by atoms with Gasteiger partial charge in [0.05, 0.1) is 10.5 Å². The van der Waals surface area contributed by atoms with Crippen LogP contribution >= 0.6 is 11.6 Å². The molecule has 0 bridgehead atoms. The number of benzene rings is 1. The molecular weight excluding hydrogens is 262 g/mol. The Morgan fingerprint density at radius 2 is 1.94 bits per heavy atom. The fourth-order valence-corrected chi connectivity index (χ4v) is 1.64. The van der Waals surface area contributed by atoms with Crippen LogP contribution in [0.1, 0.15) is 29.6 Å². The van der Waals surface area contributed by atoms with Gasteiger partial charge in [-0.25, -0.2) is 0 Å². The first-order chi connectivity index (χ1) is 8.47. The fraction of sp³-hybridized carbons (Fsp3) is 0.364. The van der Waals surface area contributed by atoms with E-state index < -0.39 is 27.9 Å². The molecule has 1 aromatic rings. The lowest BCUT2D eigenvalue weighted by Gasteiger charge is -2.04. The molecule has 2 N–H and O–H groups in total. The molecule has 6 nitrogen and oxygen atoms in total. The zero-order valence-electron chi connectivity index (χ0n) is 9.43. The van der Waals surface area contributed by atoms with Crippen molar-refractivity contribution in [1.82, 2.24) is 0 Å². The number of Topliss-reactive ketones (excluding diaryl/α,β-unsaturated/α-hetero) is 1. The molecule has 0 spiro atoms. The lowest BCUT2D eigenvalue weighted by molar-refractivity contribution is -0.385. The topological polar surface area (TPSA) is 101 Å². The van der Waals surface area contributed by atoms with Gasteiger partial charge in [-0.2, -0.15) is 0 Å². The zero-order valence-corrected chi connectivity index (χ0v) is 10.2. The van der Waals surface area contributed by atoms with Crippen molar-refractivity contribution >= 4 is 23.1 Å². The molecule has 0 aliphatic carbocycles. The largest absolute Gasteiger partial charge is 0.507 e. The van der Waals surface area contributed by atoms with E-state index in [9.17, 15) is 25.1 Å². The van der Waals surface area contributed by atoms with E-state index in [-0.39, 0.29) is 12.0 Å². The summed E-state index contributed by atoms with van der Waals surface area (Å²) < 4.78 is 0. The van der Waals surface area contributed by atoms with Crippen LogP contribution < -0.4 is 0 Å². The minimum Gasteiger partial charge on any atom is -0.507 e. The van der Waals surface area contributed by atoms with Gasteiger partial charge in [0, 0.05) is 24.4 Å². The van der Waals surface area contributed by atoms with Crippen LogP contribution in [0.3, 0.4) is 0 Å². The number of phenolic OH excluding ortho intramolecular Hbond substituents is 2. The van der Waals surface area contributed by atoms with Crippen molar-refractivity contribution in [3.63, 3.8) is 0 Å². The molecule has 0 aliphatic heterocycles. The third-order valence-electron chi connectivity index (χ3n) is 2.38. The minimum absolute atomic E-state index is 0.141. The van der Waals surface area contributed by atoms with Gasteiger partial charge in [-0.1, -0.05) is 0 Å². The van der Waals surface area contributed by atoms with E-state index >= 15 is 0 Å². The molecule has 0 heterocycles. The molecule has 0 amide bonds. The van der Waals surface area contributed by atoms with Crippen LogP contribution in [0.15, 0.2) is 12.1 Å². The molecule has 0 fully saturated rings. The molecule has 0 aliphatic rings. The Hall–Kier alpha value is -1.82. The second kappa shape index (κ2) is 6.20. The number of rotatable bonds is 6. The Labute approximate surface area is 108 Å². The monoisotopic (exact) mass is 273 g/mol. The predicted molar refractivity (Wildman–Crippen MR) is 65.3 cm³/mol. The molecule has 7 heteroatoms. The van der Waals surface area contributed by atoms with E-state index in [1.54, 1.807) is 0 Å². The van der Waals surface area contributed by atoms with Crippen LogP contribution in [0.25, 0.3) is 0 Å². The lowest BCUT2D eigenvalue weighted by Crippen LogP contribution is -2.01. The fourth-order valence-electron chi connectivity index (χ4n) is 1.45. The van der Waals surface area contributed by atoms with Crippen molar-refractivity contribution in [1.29, 1.82) is 0 Å². The molecular formula is C11H12ClNO5. The third-order valence-corrected chi connectivity index (χ3v) is 2.64. The number of carbonyl (C=O) groups excluding carboxylic acids is 1. The minimum atomic E-state index is -0.815. The molecule has 1 aromatic carbocycles. The van der Waals surface area contributed by atoms with Gasteiger partial charge in [0.2, 0.25) is 0 Å². The molecule has 0 saturated carbocycles. The second-order valence-corrected chi connectivity index (χ2v) is 4.06. The highest BCUT2D eigenvalue weighted by atomic mass is 35.5. The number of alkyl halides is 1. The van der Waals surface area contributed by atoms with Crippen LogP contribution in [0.2, 0.25) is 0 Å². The Morgan fingerprint density at radius 1 is 1.28 bits per heavy atom. The number of unbranched alkanes of at least 4 members (excludes halogenated alkanes) is 1. The SMILES string of the molecule is O=C(CCCCCl)c1cc([N+](=O)[O-])c(O)cc1O. The average Bonchev–Trinajstić information content (AvgIpc) is 2.28. The summed E-state index contributed by atoms with van der Waals surface area (Å²) in [6.45, 7) is 0. The molecule has 18 heavy (non-hydrogen) atoms. The number of ketones is 1. The first-order valence-corrected chi connectivity index (χ1v) is 5.80. The van der Waals surface area contributed by atoms with E-state index in [1.807, 2.05) is 0 Å². The number of halogens is 1. The highest BCUT2D eigenvalue weighted by Crippen LogP contribution is 2.33. The van der Waals surface area contributed by atoms with Crippen LogP contribution in [-0.2, 0) is 0 Å². The van der Waals surface area contributed by atoms with Gasteiger partial charge in [-0.15, -0.1) is 11.6 Å². The van der Waals surface area contributed by atoms with Crippen LogP contribution in [0, 0.1) is 10.1 Å². The van der Waals surface area contributed by atoms with Crippen molar-refractivity contribution in [2.45, 2.75) is 19.3 Å². The van der Waals surface area contributed by atoms with Crippen LogP contribution in [0.4, 0.5) is 5.69 Å². The molecule has 1 rings (SSSR count). The molecule has 0 aromatic heterocycles. The van der Waals surface area contributed by atoms with E-state index in [2.05, 4.69) is 0 Å². The van der Waals surface area contributed by atoms with Gasteiger partial charge >= 0.3 is 5.69 Å². The smallest absolute Gasteiger partial charge is 0.311 e. The Balaban J connectivity index is 2.97. The zero-order chi connectivity index (χ0) is 13.7. The van der Waals surface area contributed by atoms with Gasteiger partial charge in [0.25, 0.3) is 0 Å². The number of aromatic hydroxyl groups is 2. The summed E-state index contributed by atoms with van der Waals surface area (Å²) in [4.78, 5) is 21.5. The summed E-state index contributed by atoms with van der Waals surface area (Å²) in [6.07, 6.45) is 1.33. The second-order valence-electron chi connectivity index (χ2n) is 3.68. The van der Waals surface area contributed by atoms with E-state index in [0.717, 1.165) is 12.1 Å². The summed E-state index contributed by atoms with van der Waals surface area (Å²) in [5.41, 5.74) is -0.762. The van der Waals surface area contributed by atoms with Crippen molar-refractivity contribution < 1.29 is 19.9 Å². The number of nitrogens with zero attached hydrogens (tertiary/aromatic N) is 1. The normalized spacial score (nSPS) is 10.3. The highest BCUT2D eigenvalue weighted by Gasteiger charge is 2.20. The summed E-state index contributed by atoms with van der Waals surface area (Å²) >= 11 is 5.47. The molecule has 0 atom stereocenters. The summed E-state index contributed by atoms with van der Waals surface area (Å²) in [6, 6.07) is 1.68. The number of carbonyl (C=O) groups is 1. The molecule has 0 saturated heterocycles. The average molecular weight is 274 g/mol. The van der Waals surface area contributed by atoms with E-state index in [4.69, 9.17) is 11.6 Å². The number of nitro groups is 1. The van der Waals surface area contributed by atoms with Gasteiger partial charge in [-0.05, 0) is 12.8 Å². The van der Waals surface area contributed by atoms with Crippen molar-refractivity contribution in [3.8, 4) is 11.5 Å². The van der Waals surface area contributed by atoms with E-state index in [0.29, 0.717) is 18.7 Å². The van der Waals surface area contributed by atoms with Crippen molar-refractivity contribution in [3.05, 3.63) is 27.8 Å². The Morgan fingerprint density at radius 3 is 2.50 bits per heavy atom. The number of hydrogen-bond acceptors (Lipinski definition) is 5. The van der Waals surface area contributed by atoms with E-state index in [1.165, 1.54) is 0 Å². The molecule has 98 valence electrons. The van der Waals surface area contributed by atoms with Crippen LogP contribution in [0.5, 0.6) is 11.5 Å². The van der Waals surface area contributed by atoms with Gasteiger partial charge in [0.1, 0.15) is 5.75 Å². The molecule has 0 radical (unpaired) electrons. The maximum Gasteiger partial charge on any atom is 0.311 e. The number of phenols is 2. The van der Waals surface area contributed by atoms with Crippen LogP contribution in [-0.4, -0.2) is 26.8 Å². The lowest BCUT2D eigenvalue weighted by atomic mass is 10.0. The molecule has 0 unspecified atom stereocenters. The van der Waals surface area contributed by atoms with Crippen molar-refractivity contribution in [2.24, 2.45) is 0 Å². The first kappa shape index (κ1) is 14.2. The predicted octanol–water partition coefficient (Wildman–Crippen LogP) is 2.60. The quantitative estimate of drug-likeness (QED) is 0.273. The Kier molecular flexibility index (Phi) is 4.91. The van der Waals surface area contributed by atoms with Gasteiger partial charge in [0.15, 0.2) is 11.5 Å².